The van der Waals surface area contributed by atoms with Gasteiger partial charge in [0, 0.05) is 17.3 Å². The van der Waals surface area contributed by atoms with Crippen LogP contribution in [-0.2, 0) is 0 Å². The molecule has 0 saturated carbocycles. The maximum Gasteiger partial charge on any atom is 0.188 e. The first kappa shape index (κ1) is 7.54. The zero-order valence-corrected chi connectivity index (χ0v) is 7.45. The summed E-state index contributed by atoms with van der Waals surface area (Å²) < 4.78 is 0.767. The van der Waals surface area contributed by atoms with Crippen molar-refractivity contribution in [2.45, 2.75) is 13.8 Å². The molecule has 1 rings (SSSR count). The molecule has 0 saturated heterocycles. The molecule has 0 aliphatic carbocycles. The average molecular weight is 202 g/mol. The monoisotopic (exact) mass is 201 g/mol. The second kappa shape index (κ2) is 2.58. The van der Waals surface area contributed by atoms with Crippen molar-refractivity contribution in [1.82, 2.24) is 4.98 Å². The number of hydrogen-bond acceptors (Lipinski definition) is 1. The van der Waals surface area contributed by atoms with Crippen LogP contribution in [0.3, 0.4) is 0 Å². The molecule has 0 bridgehead atoms. The lowest BCUT2D eigenvalue weighted by Gasteiger charge is -1.96. The Morgan fingerprint density at radius 2 is 2.10 bits per heavy atom. The lowest BCUT2D eigenvalue weighted by molar-refractivity contribution is 1.14. The molecular weight excluding hydrogens is 194 g/mol. The molecule has 0 aliphatic rings. The number of hydrogen-bond donors (Lipinski definition) is 1. The largest absolute Gasteiger partial charge is 0.355 e. The van der Waals surface area contributed by atoms with Crippen molar-refractivity contribution in [2.24, 2.45) is 0 Å². The summed E-state index contributed by atoms with van der Waals surface area (Å²) in [6.45, 7) is 3.58. The van der Waals surface area contributed by atoms with E-state index in [1.807, 2.05) is 0 Å². The van der Waals surface area contributed by atoms with E-state index < -0.39 is 0 Å². The smallest absolute Gasteiger partial charge is 0.188 e. The average Bonchev–Trinajstić information content (AvgIpc) is 1.93. The van der Waals surface area contributed by atoms with Gasteiger partial charge in [-0.1, -0.05) is 0 Å². The van der Waals surface area contributed by atoms with E-state index in [2.05, 4.69) is 20.9 Å². The van der Waals surface area contributed by atoms with Gasteiger partial charge >= 0.3 is 0 Å². The Morgan fingerprint density at radius 3 is 2.60 bits per heavy atom. The molecule has 54 valence electrons. The molecular formula is C7H8BrNO. The van der Waals surface area contributed by atoms with Crippen molar-refractivity contribution in [3.8, 4) is 0 Å². The van der Waals surface area contributed by atoms with E-state index in [1.165, 1.54) is 0 Å². The SMILES string of the molecule is Cc1c[nH]c(Br)c(C)c1=O. The Balaban J connectivity index is 3.50. The number of aromatic amines is 1. The molecule has 0 aliphatic heterocycles. The highest BCUT2D eigenvalue weighted by Crippen LogP contribution is 2.07. The minimum atomic E-state index is 0.102. The number of pyridine rings is 1. The molecule has 0 unspecified atom stereocenters. The number of aryl methyl sites for hydroxylation is 1. The summed E-state index contributed by atoms with van der Waals surface area (Å²) in [5.41, 5.74) is 1.59. The van der Waals surface area contributed by atoms with Crippen LogP contribution in [0.15, 0.2) is 15.6 Å². The molecule has 10 heavy (non-hydrogen) atoms. The fourth-order valence-electron chi connectivity index (χ4n) is 0.741. The van der Waals surface area contributed by atoms with E-state index in [-0.39, 0.29) is 5.43 Å². The van der Waals surface area contributed by atoms with Crippen molar-refractivity contribution in [3.05, 3.63) is 32.2 Å². The van der Waals surface area contributed by atoms with E-state index in [4.69, 9.17) is 0 Å². The van der Waals surface area contributed by atoms with Crippen LogP contribution in [0.2, 0.25) is 0 Å². The topological polar surface area (TPSA) is 32.9 Å². The van der Waals surface area contributed by atoms with E-state index >= 15 is 0 Å². The summed E-state index contributed by atoms with van der Waals surface area (Å²) in [7, 11) is 0. The molecule has 3 heteroatoms. The molecule has 0 radical (unpaired) electrons. The molecule has 1 aromatic heterocycles. The van der Waals surface area contributed by atoms with Crippen LogP contribution in [0.25, 0.3) is 0 Å². The third kappa shape index (κ3) is 1.14. The Kier molecular flexibility index (Phi) is 1.94. The maximum atomic E-state index is 11.1. The quantitative estimate of drug-likeness (QED) is 0.638. The summed E-state index contributed by atoms with van der Waals surface area (Å²) in [6.07, 6.45) is 1.69. The van der Waals surface area contributed by atoms with Crippen LogP contribution >= 0.6 is 15.9 Å². The van der Waals surface area contributed by atoms with Gasteiger partial charge < -0.3 is 4.98 Å². The van der Waals surface area contributed by atoms with Gasteiger partial charge in [0.1, 0.15) is 0 Å². The molecule has 0 fully saturated rings. The van der Waals surface area contributed by atoms with Crippen LogP contribution in [0.1, 0.15) is 11.1 Å². The highest BCUT2D eigenvalue weighted by atomic mass is 79.9. The van der Waals surface area contributed by atoms with Crippen LogP contribution in [0.4, 0.5) is 0 Å². The van der Waals surface area contributed by atoms with Crippen molar-refractivity contribution < 1.29 is 0 Å². The third-order valence-corrected chi connectivity index (χ3v) is 2.27. The fourth-order valence-corrected chi connectivity index (χ4v) is 1.04. The van der Waals surface area contributed by atoms with E-state index in [9.17, 15) is 4.79 Å². The second-order valence-electron chi connectivity index (χ2n) is 2.24. The zero-order valence-electron chi connectivity index (χ0n) is 5.86. The molecule has 0 aromatic carbocycles. The molecule has 1 N–H and O–H groups in total. The van der Waals surface area contributed by atoms with Gasteiger partial charge in [-0.15, -0.1) is 0 Å². The van der Waals surface area contributed by atoms with Crippen LogP contribution in [0, 0.1) is 13.8 Å². The Labute approximate surface area is 67.4 Å². The summed E-state index contributed by atoms with van der Waals surface area (Å²) in [6, 6.07) is 0. The highest BCUT2D eigenvalue weighted by molar-refractivity contribution is 9.10. The molecule has 0 spiro atoms. The molecule has 1 heterocycles. The van der Waals surface area contributed by atoms with Gasteiger partial charge in [0.15, 0.2) is 5.43 Å². The lowest BCUT2D eigenvalue weighted by Crippen LogP contribution is -2.09. The standard InChI is InChI=1S/C7H8BrNO/c1-4-3-9-7(8)5(2)6(4)10/h3H,1-2H3,(H,9,10). The predicted molar refractivity (Wildman–Crippen MR) is 44.2 cm³/mol. The summed E-state index contributed by atoms with van der Waals surface area (Å²) in [5.74, 6) is 0. The van der Waals surface area contributed by atoms with Gasteiger partial charge in [-0.25, -0.2) is 0 Å². The maximum absolute atomic E-state index is 11.1. The lowest BCUT2D eigenvalue weighted by atomic mass is 10.2. The summed E-state index contributed by atoms with van der Waals surface area (Å²) in [5, 5.41) is 0. The zero-order chi connectivity index (χ0) is 7.72. The molecule has 1 aromatic rings. The number of halogens is 1. The first-order valence-electron chi connectivity index (χ1n) is 2.97. The van der Waals surface area contributed by atoms with Crippen LogP contribution in [0.5, 0.6) is 0 Å². The van der Waals surface area contributed by atoms with Crippen molar-refractivity contribution in [2.75, 3.05) is 0 Å². The van der Waals surface area contributed by atoms with Crippen molar-refractivity contribution in [1.29, 1.82) is 0 Å². The van der Waals surface area contributed by atoms with Gasteiger partial charge in [0.05, 0.1) is 4.60 Å². The Hall–Kier alpha value is -0.570. The molecule has 0 atom stereocenters. The number of aromatic nitrogens is 1. The van der Waals surface area contributed by atoms with Gasteiger partial charge in [-0.3, -0.25) is 4.79 Å². The molecule has 2 nitrogen and oxygen atoms in total. The van der Waals surface area contributed by atoms with E-state index in [0.717, 1.165) is 15.7 Å². The summed E-state index contributed by atoms with van der Waals surface area (Å²) in [4.78, 5) is 14.1. The third-order valence-electron chi connectivity index (χ3n) is 1.44. The van der Waals surface area contributed by atoms with Gasteiger partial charge in [0.2, 0.25) is 0 Å². The minimum absolute atomic E-state index is 0.102. The first-order valence-corrected chi connectivity index (χ1v) is 3.76. The second-order valence-corrected chi connectivity index (χ2v) is 3.03. The minimum Gasteiger partial charge on any atom is -0.355 e. The predicted octanol–water partition coefficient (Wildman–Crippen LogP) is 1.75. The number of rotatable bonds is 0. The number of nitrogens with one attached hydrogen (secondary N) is 1. The van der Waals surface area contributed by atoms with Gasteiger partial charge in [-0.05, 0) is 29.8 Å². The fraction of sp³-hybridized carbons (Fsp3) is 0.286. The normalized spacial score (nSPS) is 9.90. The molecule has 0 amide bonds. The first-order chi connectivity index (χ1) is 4.63. The summed E-state index contributed by atoms with van der Waals surface area (Å²) >= 11 is 3.22. The van der Waals surface area contributed by atoms with E-state index in [0.29, 0.717) is 0 Å². The van der Waals surface area contributed by atoms with Gasteiger partial charge in [0.25, 0.3) is 0 Å². The van der Waals surface area contributed by atoms with Crippen LogP contribution in [-0.4, -0.2) is 4.98 Å². The number of H-pyrrole nitrogens is 1. The van der Waals surface area contributed by atoms with E-state index in [1.54, 1.807) is 20.0 Å². The van der Waals surface area contributed by atoms with Crippen molar-refractivity contribution in [3.63, 3.8) is 0 Å². The Morgan fingerprint density at radius 1 is 1.50 bits per heavy atom. The van der Waals surface area contributed by atoms with Crippen molar-refractivity contribution >= 4 is 15.9 Å². The highest BCUT2D eigenvalue weighted by Gasteiger charge is 1.99. The van der Waals surface area contributed by atoms with Crippen LogP contribution < -0.4 is 5.43 Å². The Bertz CT molecular complexity index is 303. The van der Waals surface area contributed by atoms with Gasteiger partial charge in [-0.2, -0.15) is 0 Å².